The molecule has 138 valence electrons. The van der Waals surface area contributed by atoms with Crippen LogP contribution >= 0.6 is 11.8 Å². The van der Waals surface area contributed by atoms with Crippen LogP contribution in [0.15, 0.2) is 65.8 Å². The van der Waals surface area contributed by atoms with Crippen molar-refractivity contribution in [3.05, 3.63) is 66.5 Å². The average molecular weight is 380 g/mol. The van der Waals surface area contributed by atoms with Crippen LogP contribution < -0.4 is 16.0 Å². The molecule has 7 nitrogen and oxygen atoms in total. The second-order valence-electron chi connectivity index (χ2n) is 5.58. The van der Waals surface area contributed by atoms with Crippen molar-refractivity contribution in [3.63, 3.8) is 0 Å². The van der Waals surface area contributed by atoms with Crippen LogP contribution in [-0.4, -0.2) is 40.4 Å². The zero-order chi connectivity index (χ0) is 18.9. The first-order chi connectivity index (χ1) is 13.2. The molecule has 8 heteroatoms. The second-order valence-corrected chi connectivity index (χ2v) is 6.46. The Kier molecular flexibility index (Phi) is 6.59. The van der Waals surface area contributed by atoms with Crippen LogP contribution in [0.25, 0.3) is 0 Å². The van der Waals surface area contributed by atoms with E-state index in [1.807, 2.05) is 54.8 Å². The molecule has 3 rings (SSSR count). The Morgan fingerprint density at radius 2 is 1.63 bits per heavy atom. The maximum absolute atomic E-state index is 12.1. The van der Waals surface area contributed by atoms with Crippen molar-refractivity contribution < 1.29 is 4.79 Å². The summed E-state index contributed by atoms with van der Waals surface area (Å²) < 4.78 is 0. The highest BCUT2D eigenvalue weighted by atomic mass is 32.2. The van der Waals surface area contributed by atoms with Gasteiger partial charge in [-0.25, -0.2) is 0 Å². The summed E-state index contributed by atoms with van der Waals surface area (Å²) in [5, 5.41) is 17.4. The molecular weight excluding hydrogens is 360 g/mol. The number of carbonyl (C=O) groups is 1. The number of pyridine rings is 1. The minimum absolute atomic E-state index is 0.0903. The molecule has 27 heavy (non-hydrogen) atoms. The Hall–Kier alpha value is -3.13. The van der Waals surface area contributed by atoms with E-state index in [9.17, 15) is 4.79 Å². The number of benzene rings is 1. The fraction of sp³-hybridized carbons (Fsp3) is 0.158. The number of nitrogens with one attached hydrogen (secondary N) is 3. The van der Waals surface area contributed by atoms with E-state index in [-0.39, 0.29) is 5.91 Å². The maximum Gasteiger partial charge on any atom is 0.251 e. The number of anilines is 3. The molecule has 2 aromatic heterocycles. The highest BCUT2D eigenvalue weighted by molar-refractivity contribution is 7.98. The van der Waals surface area contributed by atoms with E-state index < -0.39 is 0 Å². The largest absolute Gasteiger partial charge is 0.367 e. The topological polar surface area (TPSA) is 91.8 Å². The standard InChI is InChI=1S/C19H20N6OS/c1-27-16-4-2-14(3-5-16)19(26)22-13-12-21-17-6-7-18(25-24-17)23-15-8-10-20-11-9-15/h2-11H,12-13H2,1H3,(H,21,24)(H,22,26)(H,20,23,25). The first kappa shape index (κ1) is 18.7. The fourth-order valence-corrected chi connectivity index (χ4v) is 2.70. The van der Waals surface area contributed by atoms with Crippen LogP contribution in [0.4, 0.5) is 17.3 Å². The van der Waals surface area contributed by atoms with Crippen LogP contribution in [0.5, 0.6) is 0 Å². The second kappa shape index (κ2) is 9.54. The Bertz CT molecular complexity index is 856. The predicted octanol–water partition coefficient (Wildman–Crippen LogP) is 3.18. The first-order valence-corrected chi connectivity index (χ1v) is 9.64. The van der Waals surface area contributed by atoms with Gasteiger partial charge in [-0.1, -0.05) is 0 Å². The molecule has 3 N–H and O–H groups in total. The van der Waals surface area contributed by atoms with Gasteiger partial charge in [0.05, 0.1) is 0 Å². The third-order valence-corrected chi connectivity index (χ3v) is 4.43. The van der Waals surface area contributed by atoms with Crippen LogP contribution in [0, 0.1) is 0 Å². The fourth-order valence-electron chi connectivity index (χ4n) is 2.29. The SMILES string of the molecule is CSc1ccc(C(=O)NCCNc2ccc(Nc3ccncc3)nn2)cc1. The Labute approximate surface area is 162 Å². The quantitative estimate of drug-likeness (QED) is 0.408. The molecule has 0 fully saturated rings. The molecule has 0 aliphatic carbocycles. The Morgan fingerprint density at radius 3 is 2.30 bits per heavy atom. The third kappa shape index (κ3) is 5.68. The zero-order valence-electron chi connectivity index (χ0n) is 14.8. The van der Waals surface area contributed by atoms with Gasteiger partial charge in [0.15, 0.2) is 5.82 Å². The number of hydrogen-bond acceptors (Lipinski definition) is 7. The average Bonchev–Trinajstić information content (AvgIpc) is 2.73. The molecule has 2 heterocycles. The maximum atomic E-state index is 12.1. The highest BCUT2D eigenvalue weighted by Gasteiger charge is 2.04. The van der Waals surface area contributed by atoms with Crippen molar-refractivity contribution in [1.82, 2.24) is 20.5 Å². The van der Waals surface area contributed by atoms with Gasteiger partial charge in [-0.3, -0.25) is 9.78 Å². The number of nitrogens with zero attached hydrogens (tertiary/aromatic N) is 3. The van der Waals surface area contributed by atoms with Gasteiger partial charge in [-0.2, -0.15) is 0 Å². The monoisotopic (exact) mass is 380 g/mol. The molecule has 0 saturated heterocycles. The number of rotatable bonds is 8. The van der Waals surface area contributed by atoms with Gasteiger partial charge in [0.2, 0.25) is 0 Å². The minimum Gasteiger partial charge on any atom is -0.367 e. The lowest BCUT2D eigenvalue weighted by molar-refractivity contribution is 0.0955. The van der Waals surface area contributed by atoms with Crippen molar-refractivity contribution in [1.29, 1.82) is 0 Å². The number of aromatic nitrogens is 3. The molecule has 0 aliphatic heterocycles. The van der Waals surface area contributed by atoms with Gasteiger partial charge >= 0.3 is 0 Å². The van der Waals surface area contributed by atoms with Gasteiger partial charge in [-0.05, 0) is 54.8 Å². The van der Waals surface area contributed by atoms with E-state index in [0.717, 1.165) is 10.6 Å². The van der Waals surface area contributed by atoms with Crippen LogP contribution in [0.1, 0.15) is 10.4 Å². The van der Waals surface area contributed by atoms with E-state index in [2.05, 4.69) is 31.1 Å². The molecule has 3 aromatic rings. The number of carbonyl (C=O) groups excluding carboxylic acids is 1. The third-order valence-electron chi connectivity index (χ3n) is 3.69. The van der Waals surface area contributed by atoms with Crippen LogP contribution in [-0.2, 0) is 0 Å². The van der Waals surface area contributed by atoms with E-state index >= 15 is 0 Å². The summed E-state index contributed by atoms with van der Waals surface area (Å²) in [7, 11) is 0. The number of thioether (sulfide) groups is 1. The molecule has 1 aromatic carbocycles. The molecular formula is C19H20N6OS. The lowest BCUT2D eigenvalue weighted by Crippen LogP contribution is -2.28. The van der Waals surface area contributed by atoms with E-state index in [4.69, 9.17) is 0 Å². The van der Waals surface area contributed by atoms with Crippen molar-refractivity contribution in [2.75, 3.05) is 30.0 Å². The number of amides is 1. The molecule has 0 radical (unpaired) electrons. The van der Waals surface area contributed by atoms with Gasteiger partial charge in [0, 0.05) is 41.6 Å². The van der Waals surface area contributed by atoms with Crippen LogP contribution in [0.2, 0.25) is 0 Å². The molecule has 0 saturated carbocycles. The van der Waals surface area contributed by atoms with Gasteiger partial charge in [0.1, 0.15) is 5.82 Å². The predicted molar refractivity (Wildman–Crippen MR) is 109 cm³/mol. The molecule has 0 aliphatic rings. The summed E-state index contributed by atoms with van der Waals surface area (Å²) in [5.74, 6) is 1.20. The molecule has 0 spiro atoms. The van der Waals surface area contributed by atoms with Crippen molar-refractivity contribution >= 4 is 35.0 Å². The lowest BCUT2D eigenvalue weighted by Gasteiger charge is -2.08. The summed E-state index contributed by atoms with van der Waals surface area (Å²) in [5.41, 5.74) is 1.55. The summed E-state index contributed by atoms with van der Waals surface area (Å²) in [6.07, 6.45) is 5.42. The summed E-state index contributed by atoms with van der Waals surface area (Å²) >= 11 is 1.65. The van der Waals surface area contributed by atoms with Gasteiger partial charge < -0.3 is 16.0 Å². The molecule has 0 atom stereocenters. The van der Waals surface area contributed by atoms with E-state index in [1.54, 1.807) is 24.2 Å². The minimum atomic E-state index is -0.0903. The lowest BCUT2D eigenvalue weighted by atomic mass is 10.2. The van der Waals surface area contributed by atoms with E-state index in [0.29, 0.717) is 30.3 Å². The van der Waals surface area contributed by atoms with E-state index in [1.165, 1.54) is 0 Å². The smallest absolute Gasteiger partial charge is 0.251 e. The van der Waals surface area contributed by atoms with Gasteiger partial charge in [-0.15, -0.1) is 22.0 Å². The van der Waals surface area contributed by atoms with Gasteiger partial charge in [0.25, 0.3) is 5.91 Å². The van der Waals surface area contributed by atoms with Crippen molar-refractivity contribution in [2.45, 2.75) is 4.90 Å². The summed E-state index contributed by atoms with van der Waals surface area (Å²) in [4.78, 5) is 17.2. The first-order valence-electron chi connectivity index (χ1n) is 8.41. The molecule has 1 amide bonds. The normalized spacial score (nSPS) is 10.3. The zero-order valence-corrected chi connectivity index (χ0v) is 15.7. The van der Waals surface area contributed by atoms with Crippen LogP contribution in [0.3, 0.4) is 0 Å². The molecule has 0 bridgehead atoms. The highest BCUT2D eigenvalue weighted by Crippen LogP contribution is 2.15. The summed E-state index contributed by atoms with van der Waals surface area (Å²) in [6, 6.07) is 14.9. The van der Waals surface area contributed by atoms with Crippen molar-refractivity contribution in [2.24, 2.45) is 0 Å². The molecule has 0 unspecified atom stereocenters. The summed E-state index contributed by atoms with van der Waals surface area (Å²) in [6.45, 7) is 1.04. The Morgan fingerprint density at radius 1 is 0.926 bits per heavy atom. The van der Waals surface area contributed by atoms with Crippen molar-refractivity contribution in [3.8, 4) is 0 Å². The number of hydrogen-bond donors (Lipinski definition) is 3. The Balaban J connectivity index is 1.41.